The molecule has 0 atom stereocenters. The summed E-state index contributed by atoms with van der Waals surface area (Å²) in [5, 5.41) is 0.408. The van der Waals surface area contributed by atoms with Crippen LogP contribution in [0.25, 0.3) is 16.9 Å². The van der Waals surface area contributed by atoms with E-state index in [4.69, 9.17) is 11.6 Å². The monoisotopic (exact) mass is 230 g/mol. The third-order valence-electron chi connectivity index (χ3n) is 2.35. The fourth-order valence-corrected chi connectivity index (χ4v) is 1.80. The SMILES string of the molecule is Clc1ncn2c(-c3cccnc3)ccnc12. The Balaban J connectivity index is 2.32. The Labute approximate surface area is 96.6 Å². The van der Waals surface area contributed by atoms with Crippen molar-refractivity contribution in [3.8, 4) is 11.3 Å². The van der Waals surface area contributed by atoms with Gasteiger partial charge in [-0.05, 0) is 18.2 Å². The molecule has 0 aromatic carbocycles. The van der Waals surface area contributed by atoms with E-state index in [2.05, 4.69) is 15.0 Å². The van der Waals surface area contributed by atoms with Gasteiger partial charge in [-0.2, -0.15) is 0 Å². The summed E-state index contributed by atoms with van der Waals surface area (Å²) in [6, 6.07) is 5.78. The van der Waals surface area contributed by atoms with Crippen LogP contribution in [0.3, 0.4) is 0 Å². The quantitative estimate of drug-likeness (QED) is 0.645. The Hall–Kier alpha value is -1.94. The number of rotatable bonds is 1. The summed E-state index contributed by atoms with van der Waals surface area (Å²) >= 11 is 5.92. The zero-order valence-corrected chi connectivity index (χ0v) is 8.96. The molecule has 0 aliphatic heterocycles. The van der Waals surface area contributed by atoms with E-state index < -0.39 is 0 Å². The maximum absolute atomic E-state index is 5.92. The van der Waals surface area contributed by atoms with Crippen LogP contribution in [-0.2, 0) is 0 Å². The predicted octanol–water partition coefficient (Wildman–Crippen LogP) is 2.44. The standard InChI is InChI=1S/C11H7ClN4/c12-10-11-14-5-3-9(16(11)7-15-10)8-2-1-4-13-6-8/h1-7H. The number of halogens is 1. The highest BCUT2D eigenvalue weighted by Crippen LogP contribution is 2.21. The molecule has 78 valence electrons. The fraction of sp³-hybridized carbons (Fsp3) is 0. The van der Waals surface area contributed by atoms with E-state index in [0.717, 1.165) is 11.3 Å². The highest BCUT2D eigenvalue weighted by atomic mass is 35.5. The van der Waals surface area contributed by atoms with Crippen molar-refractivity contribution in [2.45, 2.75) is 0 Å². The van der Waals surface area contributed by atoms with Crippen molar-refractivity contribution in [1.82, 2.24) is 19.4 Å². The van der Waals surface area contributed by atoms with Crippen LogP contribution in [0.1, 0.15) is 0 Å². The van der Waals surface area contributed by atoms with Crippen LogP contribution in [0.4, 0.5) is 0 Å². The van der Waals surface area contributed by atoms with E-state index in [1.54, 1.807) is 24.9 Å². The number of aromatic nitrogens is 4. The average molecular weight is 231 g/mol. The highest BCUT2D eigenvalue weighted by Gasteiger charge is 2.07. The zero-order chi connectivity index (χ0) is 11.0. The van der Waals surface area contributed by atoms with Crippen molar-refractivity contribution in [2.24, 2.45) is 0 Å². The zero-order valence-electron chi connectivity index (χ0n) is 8.21. The highest BCUT2D eigenvalue weighted by molar-refractivity contribution is 6.32. The van der Waals surface area contributed by atoms with Crippen molar-refractivity contribution in [3.63, 3.8) is 0 Å². The molecule has 0 aliphatic rings. The van der Waals surface area contributed by atoms with Gasteiger partial charge in [0.1, 0.15) is 6.33 Å². The lowest BCUT2D eigenvalue weighted by atomic mass is 10.2. The molecule has 3 aromatic heterocycles. The van der Waals surface area contributed by atoms with Gasteiger partial charge in [0.05, 0.1) is 5.69 Å². The van der Waals surface area contributed by atoms with Gasteiger partial charge in [0.25, 0.3) is 0 Å². The molecule has 5 heteroatoms. The first-order valence-corrected chi connectivity index (χ1v) is 5.12. The van der Waals surface area contributed by atoms with Gasteiger partial charge in [-0.15, -0.1) is 0 Å². The first-order valence-electron chi connectivity index (χ1n) is 4.74. The Morgan fingerprint density at radius 3 is 2.88 bits per heavy atom. The van der Waals surface area contributed by atoms with Crippen molar-refractivity contribution >= 4 is 17.2 Å². The Morgan fingerprint density at radius 2 is 2.06 bits per heavy atom. The second-order valence-electron chi connectivity index (χ2n) is 3.30. The van der Waals surface area contributed by atoms with Crippen LogP contribution in [0, 0.1) is 0 Å². The van der Waals surface area contributed by atoms with E-state index in [-0.39, 0.29) is 0 Å². The molecule has 0 fully saturated rings. The fourth-order valence-electron chi connectivity index (χ4n) is 1.62. The molecule has 0 saturated carbocycles. The lowest BCUT2D eigenvalue weighted by Gasteiger charge is -2.03. The van der Waals surface area contributed by atoms with Crippen LogP contribution in [0.15, 0.2) is 43.1 Å². The van der Waals surface area contributed by atoms with Crippen LogP contribution in [0.2, 0.25) is 5.15 Å². The van der Waals surface area contributed by atoms with Crippen molar-refractivity contribution in [3.05, 3.63) is 48.3 Å². The van der Waals surface area contributed by atoms with E-state index in [0.29, 0.717) is 10.8 Å². The molecule has 0 spiro atoms. The molecular formula is C11H7ClN4. The number of hydrogen-bond donors (Lipinski definition) is 0. The molecule has 0 bridgehead atoms. The predicted molar refractivity (Wildman–Crippen MR) is 61.2 cm³/mol. The largest absolute Gasteiger partial charge is 0.282 e. The van der Waals surface area contributed by atoms with Gasteiger partial charge in [0.2, 0.25) is 0 Å². The van der Waals surface area contributed by atoms with E-state index in [1.165, 1.54) is 0 Å². The lowest BCUT2D eigenvalue weighted by molar-refractivity contribution is 1.11. The average Bonchev–Trinajstić information content (AvgIpc) is 2.73. The number of fused-ring (bicyclic) bond motifs is 1. The van der Waals surface area contributed by atoms with Crippen LogP contribution in [-0.4, -0.2) is 19.4 Å². The molecule has 16 heavy (non-hydrogen) atoms. The van der Waals surface area contributed by atoms with Crippen molar-refractivity contribution < 1.29 is 0 Å². The van der Waals surface area contributed by atoms with Gasteiger partial charge < -0.3 is 0 Å². The first kappa shape index (κ1) is 9.30. The molecule has 4 nitrogen and oxygen atoms in total. The molecule has 0 radical (unpaired) electrons. The molecule has 3 aromatic rings. The smallest absolute Gasteiger partial charge is 0.176 e. The summed E-state index contributed by atoms with van der Waals surface area (Å²) in [7, 11) is 0. The normalized spacial score (nSPS) is 10.8. The topological polar surface area (TPSA) is 43.1 Å². The van der Waals surface area contributed by atoms with E-state index >= 15 is 0 Å². The Morgan fingerprint density at radius 1 is 1.12 bits per heavy atom. The molecule has 0 aliphatic carbocycles. The van der Waals surface area contributed by atoms with Crippen LogP contribution in [0.5, 0.6) is 0 Å². The maximum Gasteiger partial charge on any atom is 0.176 e. The summed E-state index contributed by atoms with van der Waals surface area (Å²) in [5.41, 5.74) is 2.63. The van der Waals surface area contributed by atoms with Crippen LogP contribution < -0.4 is 0 Å². The maximum atomic E-state index is 5.92. The van der Waals surface area contributed by atoms with Crippen molar-refractivity contribution in [1.29, 1.82) is 0 Å². The number of nitrogens with zero attached hydrogens (tertiary/aromatic N) is 4. The van der Waals surface area contributed by atoms with E-state index in [1.807, 2.05) is 22.6 Å². The van der Waals surface area contributed by atoms with Gasteiger partial charge in [0.15, 0.2) is 10.8 Å². The van der Waals surface area contributed by atoms with Crippen molar-refractivity contribution in [2.75, 3.05) is 0 Å². The Bertz CT molecular complexity index is 633. The molecule has 3 heterocycles. The molecule has 0 saturated heterocycles. The number of imidazole rings is 1. The number of hydrogen-bond acceptors (Lipinski definition) is 3. The molecular weight excluding hydrogens is 224 g/mol. The van der Waals surface area contributed by atoms with Gasteiger partial charge in [-0.25, -0.2) is 9.97 Å². The van der Waals surface area contributed by atoms with Gasteiger partial charge in [0, 0.05) is 24.2 Å². The van der Waals surface area contributed by atoms with Gasteiger partial charge >= 0.3 is 0 Å². The summed E-state index contributed by atoms with van der Waals surface area (Å²) in [5.74, 6) is 0. The summed E-state index contributed by atoms with van der Waals surface area (Å²) in [6.45, 7) is 0. The molecule has 3 rings (SSSR count). The third kappa shape index (κ3) is 1.35. The molecule has 0 amide bonds. The first-order chi connectivity index (χ1) is 7.86. The minimum absolute atomic E-state index is 0.408. The third-order valence-corrected chi connectivity index (χ3v) is 2.61. The minimum atomic E-state index is 0.408. The molecule has 0 N–H and O–H groups in total. The number of pyridine rings is 1. The minimum Gasteiger partial charge on any atom is -0.282 e. The summed E-state index contributed by atoms with van der Waals surface area (Å²) in [4.78, 5) is 12.3. The van der Waals surface area contributed by atoms with E-state index in [9.17, 15) is 0 Å². The lowest BCUT2D eigenvalue weighted by Crippen LogP contribution is -1.92. The van der Waals surface area contributed by atoms with Crippen LogP contribution >= 0.6 is 11.6 Å². The Kier molecular flexibility index (Phi) is 2.08. The van der Waals surface area contributed by atoms with Gasteiger partial charge in [-0.3, -0.25) is 9.38 Å². The second kappa shape index (κ2) is 3.57. The second-order valence-corrected chi connectivity index (χ2v) is 3.66. The summed E-state index contributed by atoms with van der Waals surface area (Å²) < 4.78 is 1.85. The molecule has 0 unspecified atom stereocenters. The van der Waals surface area contributed by atoms with Gasteiger partial charge in [-0.1, -0.05) is 11.6 Å². The summed E-state index contributed by atoms with van der Waals surface area (Å²) in [6.07, 6.45) is 6.91.